The Morgan fingerprint density at radius 3 is 3.12 bits per heavy atom. The second-order valence-electron chi connectivity index (χ2n) is 5.04. The lowest BCUT2D eigenvalue weighted by Gasteiger charge is -2.26. The van der Waals surface area contributed by atoms with Crippen LogP contribution in [-0.4, -0.2) is 30.7 Å². The van der Waals surface area contributed by atoms with E-state index in [2.05, 4.69) is 21.3 Å². The fourth-order valence-corrected chi connectivity index (χ4v) is 3.16. The Labute approximate surface area is 107 Å². The van der Waals surface area contributed by atoms with Gasteiger partial charge in [-0.05, 0) is 43.9 Å². The summed E-state index contributed by atoms with van der Waals surface area (Å²) >= 11 is 5.83. The summed E-state index contributed by atoms with van der Waals surface area (Å²) in [5, 5.41) is 4.19. The van der Waals surface area contributed by atoms with Crippen LogP contribution in [0.15, 0.2) is 18.3 Å². The van der Waals surface area contributed by atoms with Crippen LogP contribution >= 0.6 is 11.6 Å². The van der Waals surface area contributed by atoms with Gasteiger partial charge in [0.2, 0.25) is 0 Å². The number of nitrogens with one attached hydrogen (secondary N) is 1. The number of hydrogen-bond donors (Lipinski definition) is 1. The molecule has 0 aromatic carbocycles. The highest BCUT2D eigenvalue weighted by molar-refractivity contribution is 6.29. The van der Waals surface area contributed by atoms with Gasteiger partial charge in [-0.2, -0.15) is 0 Å². The fourth-order valence-electron chi connectivity index (χ4n) is 3.04. The van der Waals surface area contributed by atoms with E-state index in [-0.39, 0.29) is 0 Å². The molecule has 2 aliphatic heterocycles. The minimum atomic E-state index is 0.570. The quantitative estimate of drug-likeness (QED) is 0.777. The van der Waals surface area contributed by atoms with Crippen LogP contribution in [0.1, 0.15) is 19.3 Å². The molecule has 0 spiro atoms. The summed E-state index contributed by atoms with van der Waals surface area (Å²) in [4.78, 5) is 6.61. The van der Waals surface area contributed by atoms with Gasteiger partial charge in [0.15, 0.2) is 0 Å². The first kappa shape index (κ1) is 11.3. The van der Waals surface area contributed by atoms with E-state index in [0.29, 0.717) is 11.2 Å². The monoisotopic (exact) mass is 251 g/mol. The summed E-state index contributed by atoms with van der Waals surface area (Å²) in [5.74, 6) is 0.875. The molecule has 92 valence electrons. The summed E-state index contributed by atoms with van der Waals surface area (Å²) in [6.45, 7) is 3.42. The Bertz CT molecular complexity index is 379. The third-order valence-corrected chi connectivity index (χ3v) is 4.21. The number of fused-ring (bicyclic) bond motifs is 1. The highest BCUT2D eigenvalue weighted by atomic mass is 35.5. The maximum Gasteiger partial charge on any atom is 0.129 e. The Morgan fingerprint density at radius 1 is 1.35 bits per heavy atom. The minimum Gasteiger partial charge on any atom is -0.369 e. The second-order valence-corrected chi connectivity index (χ2v) is 5.42. The molecule has 0 radical (unpaired) electrons. The smallest absolute Gasteiger partial charge is 0.129 e. The van der Waals surface area contributed by atoms with Crippen LogP contribution in [0.3, 0.4) is 0 Å². The number of halogens is 1. The molecule has 0 aliphatic carbocycles. The zero-order chi connectivity index (χ0) is 11.7. The number of pyridine rings is 1. The van der Waals surface area contributed by atoms with Crippen LogP contribution in [0.4, 0.5) is 5.69 Å². The van der Waals surface area contributed by atoms with Crippen molar-refractivity contribution >= 4 is 17.3 Å². The van der Waals surface area contributed by atoms with Crippen LogP contribution in [0.25, 0.3) is 0 Å². The molecule has 3 rings (SSSR count). The van der Waals surface area contributed by atoms with Crippen molar-refractivity contribution < 1.29 is 0 Å². The van der Waals surface area contributed by atoms with Gasteiger partial charge in [0.1, 0.15) is 5.15 Å². The standard InChI is InChI=1S/C13H18ClN3/c14-13-4-3-11(8-16-13)17-7-1-2-10-5-6-15-12(10)9-17/h3-4,8,10,12,15H,1-2,5-7,9H2. The Hall–Kier alpha value is -0.800. The topological polar surface area (TPSA) is 28.2 Å². The predicted octanol–water partition coefficient (Wildman–Crippen LogP) is 2.31. The van der Waals surface area contributed by atoms with E-state index in [9.17, 15) is 0 Å². The number of anilines is 1. The van der Waals surface area contributed by atoms with E-state index in [1.54, 1.807) is 0 Å². The third-order valence-electron chi connectivity index (χ3n) is 3.99. The van der Waals surface area contributed by atoms with Crippen molar-refractivity contribution in [1.29, 1.82) is 0 Å². The highest BCUT2D eigenvalue weighted by Gasteiger charge is 2.30. The lowest BCUT2D eigenvalue weighted by molar-refractivity contribution is 0.445. The van der Waals surface area contributed by atoms with Crippen molar-refractivity contribution in [2.75, 3.05) is 24.5 Å². The van der Waals surface area contributed by atoms with Gasteiger partial charge in [-0.15, -0.1) is 0 Å². The number of rotatable bonds is 1. The van der Waals surface area contributed by atoms with Crippen LogP contribution in [-0.2, 0) is 0 Å². The van der Waals surface area contributed by atoms with Gasteiger partial charge in [0, 0.05) is 19.1 Å². The molecule has 4 heteroatoms. The lowest BCUT2D eigenvalue weighted by Crippen LogP contribution is -2.38. The normalized spacial score (nSPS) is 28.9. The number of nitrogens with zero attached hydrogens (tertiary/aromatic N) is 2. The molecule has 1 aromatic heterocycles. The molecule has 2 atom stereocenters. The summed E-state index contributed by atoms with van der Waals surface area (Å²) in [6, 6.07) is 4.61. The van der Waals surface area contributed by atoms with Crippen molar-refractivity contribution in [2.45, 2.75) is 25.3 Å². The average molecular weight is 252 g/mol. The molecule has 1 aromatic rings. The first-order valence-electron chi connectivity index (χ1n) is 6.43. The average Bonchev–Trinajstić information content (AvgIpc) is 2.68. The zero-order valence-corrected chi connectivity index (χ0v) is 10.7. The fraction of sp³-hybridized carbons (Fsp3) is 0.615. The molecular formula is C13H18ClN3. The van der Waals surface area contributed by atoms with Crippen LogP contribution in [0.2, 0.25) is 5.15 Å². The van der Waals surface area contributed by atoms with Crippen LogP contribution < -0.4 is 10.2 Å². The van der Waals surface area contributed by atoms with Gasteiger partial charge >= 0.3 is 0 Å². The summed E-state index contributed by atoms with van der Waals surface area (Å²) in [6.07, 6.45) is 5.87. The van der Waals surface area contributed by atoms with E-state index in [4.69, 9.17) is 11.6 Å². The summed E-state index contributed by atoms with van der Waals surface area (Å²) in [5.41, 5.74) is 1.20. The Kier molecular flexibility index (Phi) is 3.21. The number of aromatic nitrogens is 1. The zero-order valence-electron chi connectivity index (χ0n) is 9.90. The first-order chi connectivity index (χ1) is 8.33. The molecule has 0 saturated carbocycles. The Morgan fingerprint density at radius 2 is 2.29 bits per heavy atom. The molecule has 3 nitrogen and oxygen atoms in total. The van der Waals surface area contributed by atoms with Crippen molar-refractivity contribution in [2.24, 2.45) is 5.92 Å². The lowest BCUT2D eigenvalue weighted by atomic mass is 9.97. The van der Waals surface area contributed by atoms with Gasteiger partial charge < -0.3 is 10.2 Å². The Balaban J connectivity index is 1.76. The maximum atomic E-state index is 5.83. The van der Waals surface area contributed by atoms with E-state index >= 15 is 0 Å². The minimum absolute atomic E-state index is 0.570. The van der Waals surface area contributed by atoms with Gasteiger partial charge in [0.05, 0.1) is 11.9 Å². The molecule has 0 amide bonds. The molecule has 2 unspecified atom stereocenters. The molecule has 2 saturated heterocycles. The van der Waals surface area contributed by atoms with E-state index in [1.807, 2.05) is 12.3 Å². The number of hydrogen-bond acceptors (Lipinski definition) is 3. The first-order valence-corrected chi connectivity index (χ1v) is 6.80. The van der Waals surface area contributed by atoms with Gasteiger partial charge in [-0.25, -0.2) is 4.98 Å². The van der Waals surface area contributed by atoms with E-state index in [0.717, 1.165) is 19.0 Å². The molecule has 0 bridgehead atoms. The molecule has 1 N–H and O–H groups in total. The summed E-state index contributed by atoms with van der Waals surface area (Å²) in [7, 11) is 0. The molecule has 2 fully saturated rings. The SMILES string of the molecule is Clc1ccc(N2CCCC3CCNC3C2)cn1. The van der Waals surface area contributed by atoms with Gasteiger partial charge in [0.25, 0.3) is 0 Å². The van der Waals surface area contributed by atoms with Crippen LogP contribution in [0, 0.1) is 5.92 Å². The predicted molar refractivity (Wildman–Crippen MR) is 70.6 cm³/mol. The third kappa shape index (κ3) is 2.40. The summed E-state index contributed by atoms with van der Waals surface area (Å²) < 4.78 is 0. The van der Waals surface area contributed by atoms with Crippen molar-refractivity contribution in [3.8, 4) is 0 Å². The van der Waals surface area contributed by atoms with Crippen molar-refractivity contribution in [3.05, 3.63) is 23.5 Å². The van der Waals surface area contributed by atoms with E-state index < -0.39 is 0 Å². The van der Waals surface area contributed by atoms with Crippen molar-refractivity contribution in [3.63, 3.8) is 0 Å². The highest BCUT2D eigenvalue weighted by Crippen LogP contribution is 2.27. The van der Waals surface area contributed by atoms with Gasteiger partial charge in [-0.3, -0.25) is 0 Å². The molecule has 3 heterocycles. The van der Waals surface area contributed by atoms with Gasteiger partial charge in [-0.1, -0.05) is 11.6 Å². The maximum absolute atomic E-state index is 5.83. The molecule has 2 aliphatic rings. The van der Waals surface area contributed by atoms with Crippen LogP contribution in [0.5, 0.6) is 0 Å². The second kappa shape index (κ2) is 4.83. The molecular weight excluding hydrogens is 234 g/mol. The molecule has 17 heavy (non-hydrogen) atoms. The van der Waals surface area contributed by atoms with E-state index in [1.165, 1.54) is 31.5 Å². The largest absolute Gasteiger partial charge is 0.369 e. The van der Waals surface area contributed by atoms with Crippen molar-refractivity contribution in [1.82, 2.24) is 10.3 Å².